The molecule has 1 atom stereocenters. The fraction of sp³-hybridized carbons (Fsp3) is 0.538. The van der Waals surface area contributed by atoms with Crippen LogP contribution in [-0.2, 0) is 4.79 Å². The molecular formula is C13H19Cl2N5O3. The third-order valence-electron chi connectivity index (χ3n) is 3.94. The third kappa shape index (κ3) is 4.43. The number of carbonyl (C=O) groups is 1. The molecule has 128 valence electrons. The number of amides is 1. The first-order valence-electron chi connectivity index (χ1n) is 7.00. The van der Waals surface area contributed by atoms with Gasteiger partial charge in [-0.05, 0) is 12.5 Å². The highest BCUT2D eigenvalue weighted by Gasteiger charge is 2.33. The van der Waals surface area contributed by atoms with E-state index >= 15 is 0 Å². The lowest BCUT2D eigenvalue weighted by atomic mass is 10.0. The third-order valence-corrected chi connectivity index (χ3v) is 3.94. The lowest BCUT2D eigenvalue weighted by molar-refractivity contribution is -0.385. The summed E-state index contributed by atoms with van der Waals surface area (Å²) < 4.78 is 0. The van der Waals surface area contributed by atoms with Crippen molar-refractivity contribution in [1.29, 1.82) is 0 Å². The molecule has 3 rings (SSSR count). The Bertz CT molecular complexity index is 553. The normalized spacial score (nSPS) is 20.0. The van der Waals surface area contributed by atoms with Crippen molar-refractivity contribution in [1.82, 2.24) is 15.2 Å². The van der Waals surface area contributed by atoms with Crippen LogP contribution >= 0.6 is 24.8 Å². The van der Waals surface area contributed by atoms with Crippen molar-refractivity contribution in [3.63, 3.8) is 0 Å². The van der Waals surface area contributed by atoms with Crippen LogP contribution in [0.25, 0.3) is 0 Å². The summed E-state index contributed by atoms with van der Waals surface area (Å²) >= 11 is 0. The lowest BCUT2D eigenvalue weighted by Crippen LogP contribution is -2.51. The van der Waals surface area contributed by atoms with Gasteiger partial charge in [0.25, 0.3) is 5.69 Å². The number of hydrogen-bond donors (Lipinski definition) is 2. The van der Waals surface area contributed by atoms with E-state index in [0.717, 1.165) is 26.1 Å². The molecular weight excluding hydrogens is 345 g/mol. The predicted molar refractivity (Wildman–Crippen MR) is 90.4 cm³/mol. The monoisotopic (exact) mass is 363 g/mol. The van der Waals surface area contributed by atoms with Crippen LogP contribution in [-0.4, -0.2) is 52.9 Å². The maximum absolute atomic E-state index is 12.1. The van der Waals surface area contributed by atoms with Gasteiger partial charge in [0.1, 0.15) is 12.0 Å². The highest BCUT2D eigenvalue weighted by atomic mass is 35.5. The van der Waals surface area contributed by atoms with Crippen LogP contribution in [0.15, 0.2) is 18.3 Å². The standard InChI is InChI=1S/C13H17N5O3.2ClH/c19-13(9-5-14-6-9)17-4-3-10(8-17)16-12-2-1-11(7-15-12)18(20)21;;/h1-2,7,9-10,14H,3-6,8H2,(H,15,16);2*1H. The summed E-state index contributed by atoms with van der Waals surface area (Å²) in [6, 6.07) is 3.17. The van der Waals surface area contributed by atoms with E-state index in [-0.39, 0.29) is 48.4 Å². The summed E-state index contributed by atoms with van der Waals surface area (Å²) in [6.07, 6.45) is 2.10. The molecule has 1 aromatic heterocycles. The second-order valence-corrected chi connectivity index (χ2v) is 5.43. The van der Waals surface area contributed by atoms with Gasteiger partial charge in [-0.15, -0.1) is 24.8 Å². The minimum absolute atomic E-state index is 0. The molecule has 2 aliphatic heterocycles. The molecule has 0 bridgehead atoms. The molecule has 2 N–H and O–H groups in total. The van der Waals surface area contributed by atoms with Crippen LogP contribution in [0, 0.1) is 16.0 Å². The molecule has 2 saturated heterocycles. The number of pyridine rings is 1. The molecule has 0 radical (unpaired) electrons. The fourth-order valence-electron chi connectivity index (χ4n) is 2.59. The Kier molecular flexibility index (Phi) is 6.99. The molecule has 0 spiro atoms. The summed E-state index contributed by atoms with van der Waals surface area (Å²) in [5.41, 5.74) is -0.0266. The molecule has 23 heavy (non-hydrogen) atoms. The molecule has 2 aliphatic rings. The number of aromatic nitrogens is 1. The lowest BCUT2D eigenvalue weighted by Gasteiger charge is -2.30. The smallest absolute Gasteiger partial charge is 0.287 e. The molecule has 0 aliphatic carbocycles. The van der Waals surface area contributed by atoms with Crippen molar-refractivity contribution in [3.8, 4) is 0 Å². The molecule has 1 amide bonds. The number of anilines is 1. The zero-order valence-electron chi connectivity index (χ0n) is 12.3. The number of hydrogen-bond acceptors (Lipinski definition) is 6. The average Bonchev–Trinajstić information content (AvgIpc) is 2.86. The van der Waals surface area contributed by atoms with E-state index in [2.05, 4.69) is 15.6 Å². The predicted octanol–water partition coefficient (Wildman–Crippen LogP) is 1.07. The molecule has 2 fully saturated rings. The minimum atomic E-state index is -0.473. The molecule has 1 aromatic rings. The number of nitrogens with one attached hydrogen (secondary N) is 2. The van der Waals surface area contributed by atoms with Gasteiger partial charge >= 0.3 is 0 Å². The fourth-order valence-corrected chi connectivity index (χ4v) is 2.59. The van der Waals surface area contributed by atoms with Crippen molar-refractivity contribution in [2.24, 2.45) is 5.92 Å². The van der Waals surface area contributed by atoms with E-state index in [1.54, 1.807) is 6.07 Å². The topological polar surface area (TPSA) is 100 Å². The molecule has 10 heteroatoms. The van der Waals surface area contributed by atoms with Crippen molar-refractivity contribution < 1.29 is 9.72 Å². The number of nitrogens with zero attached hydrogens (tertiary/aromatic N) is 3. The SMILES string of the molecule is Cl.Cl.O=C(C1CNC1)N1CCC(Nc2ccc([N+](=O)[O-])cn2)C1. The first-order valence-corrected chi connectivity index (χ1v) is 7.00. The van der Waals surface area contributed by atoms with Crippen molar-refractivity contribution in [2.45, 2.75) is 12.5 Å². The summed E-state index contributed by atoms with van der Waals surface area (Å²) in [6.45, 7) is 2.96. The van der Waals surface area contributed by atoms with Gasteiger partial charge in [0.15, 0.2) is 0 Å². The Labute approximate surface area is 146 Å². The first kappa shape index (κ1) is 19.4. The van der Waals surface area contributed by atoms with Crippen molar-refractivity contribution in [3.05, 3.63) is 28.4 Å². The second kappa shape index (κ2) is 8.28. The highest BCUT2D eigenvalue weighted by Crippen LogP contribution is 2.19. The van der Waals surface area contributed by atoms with Gasteiger partial charge in [-0.2, -0.15) is 0 Å². The minimum Gasteiger partial charge on any atom is -0.365 e. The molecule has 3 heterocycles. The number of nitro groups is 1. The molecule has 8 nitrogen and oxygen atoms in total. The Morgan fingerprint density at radius 2 is 2.13 bits per heavy atom. The average molecular weight is 364 g/mol. The van der Waals surface area contributed by atoms with Crippen molar-refractivity contribution >= 4 is 42.2 Å². The van der Waals surface area contributed by atoms with E-state index in [0.29, 0.717) is 12.4 Å². The quantitative estimate of drug-likeness (QED) is 0.612. The summed E-state index contributed by atoms with van der Waals surface area (Å²) in [5.74, 6) is 0.946. The number of carbonyl (C=O) groups excluding carboxylic acids is 1. The molecule has 0 saturated carbocycles. The number of halogens is 2. The van der Waals surface area contributed by atoms with Crippen LogP contribution in [0.4, 0.5) is 11.5 Å². The van der Waals surface area contributed by atoms with Gasteiger partial charge in [0.2, 0.25) is 5.91 Å². The second-order valence-electron chi connectivity index (χ2n) is 5.43. The van der Waals surface area contributed by atoms with Crippen LogP contribution in [0.1, 0.15) is 6.42 Å². The summed E-state index contributed by atoms with van der Waals surface area (Å²) in [4.78, 5) is 28.1. The van der Waals surface area contributed by atoms with E-state index in [9.17, 15) is 14.9 Å². The van der Waals surface area contributed by atoms with Gasteiger partial charge in [-0.3, -0.25) is 14.9 Å². The molecule has 1 unspecified atom stereocenters. The van der Waals surface area contributed by atoms with Gasteiger partial charge in [-0.1, -0.05) is 0 Å². The maximum Gasteiger partial charge on any atom is 0.287 e. The summed E-state index contributed by atoms with van der Waals surface area (Å²) in [7, 11) is 0. The highest BCUT2D eigenvalue weighted by molar-refractivity contribution is 5.85. The van der Waals surface area contributed by atoms with E-state index in [1.807, 2.05) is 4.90 Å². The first-order chi connectivity index (χ1) is 10.1. The van der Waals surface area contributed by atoms with Crippen molar-refractivity contribution in [2.75, 3.05) is 31.5 Å². The van der Waals surface area contributed by atoms with Gasteiger partial charge in [0, 0.05) is 38.3 Å². The van der Waals surface area contributed by atoms with Crippen LogP contribution in [0.5, 0.6) is 0 Å². The van der Waals surface area contributed by atoms with Gasteiger partial charge in [0.05, 0.1) is 10.8 Å². The molecule has 0 aromatic carbocycles. The Hall–Kier alpha value is -1.64. The van der Waals surface area contributed by atoms with Gasteiger partial charge < -0.3 is 15.5 Å². The largest absolute Gasteiger partial charge is 0.365 e. The number of likely N-dealkylation sites (tertiary alicyclic amines) is 1. The zero-order chi connectivity index (χ0) is 14.8. The van der Waals surface area contributed by atoms with Gasteiger partial charge in [-0.25, -0.2) is 4.98 Å². The number of rotatable bonds is 4. The Morgan fingerprint density at radius 3 is 2.65 bits per heavy atom. The van der Waals surface area contributed by atoms with E-state index in [1.165, 1.54) is 12.3 Å². The van der Waals surface area contributed by atoms with Crippen LogP contribution < -0.4 is 10.6 Å². The Morgan fingerprint density at radius 1 is 1.39 bits per heavy atom. The van der Waals surface area contributed by atoms with E-state index in [4.69, 9.17) is 0 Å². The summed E-state index contributed by atoms with van der Waals surface area (Å²) in [5, 5.41) is 16.9. The maximum atomic E-state index is 12.1. The zero-order valence-corrected chi connectivity index (χ0v) is 13.9. The van der Waals surface area contributed by atoms with E-state index < -0.39 is 4.92 Å². The van der Waals surface area contributed by atoms with Crippen LogP contribution in [0.3, 0.4) is 0 Å². The Balaban J connectivity index is 0.00000132. The van der Waals surface area contributed by atoms with Crippen LogP contribution in [0.2, 0.25) is 0 Å².